The minimum absolute atomic E-state index is 0.243. The van der Waals surface area contributed by atoms with Crippen LogP contribution in [0, 0.1) is 0 Å². The van der Waals surface area contributed by atoms with Gasteiger partial charge in [0, 0.05) is 10.8 Å². The van der Waals surface area contributed by atoms with E-state index in [4.69, 9.17) is 9.47 Å². The number of hydrogen-bond donors (Lipinski definition) is 0. The van der Waals surface area contributed by atoms with Gasteiger partial charge in [-0.15, -0.1) is 0 Å². The SMILES string of the molecule is O=S(=O)(/C=C/COCc1ccccc1)/C=C/COCc1ccccc1. The number of benzene rings is 2. The van der Waals surface area contributed by atoms with E-state index in [2.05, 4.69) is 0 Å². The third kappa shape index (κ3) is 8.44. The Morgan fingerprint density at radius 1 is 0.680 bits per heavy atom. The second-order valence-electron chi connectivity index (χ2n) is 5.33. The highest BCUT2D eigenvalue weighted by Crippen LogP contribution is 2.02. The van der Waals surface area contributed by atoms with Crippen LogP contribution in [0.15, 0.2) is 83.6 Å². The molecule has 0 aliphatic heterocycles. The zero-order valence-electron chi connectivity index (χ0n) is 14.0. The Morgan fingerprint density at radius 2 is 1.08 bits per heavy atom. The Balaban J connectivity index is 1.64. The molecule has 2 rings (SSSR count). The number of sulfone groups is 1. The maximum atomic E-state index is 11.8. The van der Waals surface area contributed by atoms with Crippen molar-refractivity contribution in [1.82, 2.24) is 0 Å². The van der Waals surface area contributed by atoms with Gasteiger partial charge < -0.3 is 9.47 Å². The van der Waals surface area contributed by atoms with Crippen LogP contribution in [0.25, 0.3) is 0 Å². The van der Waals surface area contributed by atoms with Gasteiger partial charge >= 0.3 is 0 Å². The Morgan fingerprint density at radius 3 is 1.48 bits per heavy atom. The minimum atomic E-state index is -3.39. The van der Waals surface area contributed by atoms with E-state index in [0.29, 0.717) is 13.2 Å². The van der Waals surface area contributed by atoms with E-state index in [9.17, 15) is 8.42 Å². The van der Waals surface area contributed by atoms with Crippen LogP contribution in [0.3, 0.4) is 0 Å². The van der Waals surface area contributed by atoms with Crippen LogP contribution in [-0.4, -0.2) is 21.6 Å². The van der Waals surface area contributed by atoms with Gasteiger partial charge in [-0.05, 0) is 23.3 Å². The number of hydrogen-bond acceptors (Lipinski definition) is 4. The lowest BCUT2D eigenvalue weighted by atomic mass is 10.2. The molecular formula is C20H22O4S. The first-order valence-corrected chi connectivity index (χ1v) is 9.58. The number of rotatable bonds is 10. The third-order valence-electron chi connectivity index (χ3n) is 3.22. The summed E-state index contributed by atoms with van der Waals surface area (Å²) in [7, 11) is -3.39. The van der Waals surface area contributed by atoms with Crippen molar-refractivity contribution in [3.8, 4) is 0 Å². The van der Waals surface area contributed by atoms with Crippen molar-refractivity contribution < 1.29 is 17.9 Å². The molecule has 2 aromatic carbocycles. The zero-order valence-corrected chi connectivity index (χ0v) is 14.8. The van der Waals surface area contributed by atoms with Gasteiger partial charge in [-0.1, -0.05) is 60.7 Å². The van der Waals surface area contributed by atoms with Crippen molar-refractivity contribution in [3.63, 3.8) is 0 Å². The highest BCUT2D eigenvalue weighted by Gasteiger charge is 1.98. The van der Waals surface area contributed by atoms with Crippen LogP contribution in [0.2, 0.25) is 0 Å². The first-order chi connectivity index (χ1) is 12.2. The molecule has 25 heavy (non-hydrogen) atoms. The molecule has 0 saturated carbocycles. The predicted molar refractivity (Wildman–Crippen MR) is 99.4 cm³/mol. The fraction of sp³-hybridized carbons (Fsp3) is 0.200. The van der Waals surface area contributed by atoms with Crippen molar-refractivity contribution in [2.75, 3.05) is 13.2 Å². The van der Waals surface area contributed by atoms with Gasteiger partial charge in [0.25, 0.3) is 0 Å². The molecule has 5 heteroatoms. The van der Waals surface area contributed by atoms with Crippen LogP contribution in [0.4, 0.5) is 0 Å². The van der Waals surface area contributed by atoms with Gasteiger partial charge in [-0.2, -0.15) is 0 Å². The summed E-state index contributed by atoms with van der Waals surface area (Å²) in [5.41, 5.74) is 2.10. The summed E-state index contributed by atoms with van der Waals surface area (Å²) >= 11 is 0. The molecule has 0 atom stereocenters. The van der Waals surface area contributed by atoms with Crippen LogP contribution < -0.4 is 0 Å². The summed E-state index contributed by atoms with van der Waals surface area (Å²) in [5.74, 6) is 0. The molecule has 0 aliphatic carbocycles. The van der Waals surface area contributed by atoms with Crippen molar-refractivity contribution in [2.24, 2.45) is 0 Å². The van der Waals surface area contributed by atoms with Crippen LogP contribution in [0.5, 0.6) is 0 Å². The first kappa shape index (κ1) is 19.1. The average molecular weight is 358 g/mol. The first-order valence-electron chi connectivity index (χ1n) is 7.97. The van der Waals surface area contributed by atoms with E-state index in [-0.39, 0.29) is 13.2 Å². The molecule has 132 valence electrons. The summed E-state index contributed by atoms with van der Waals surface area (Å²) in [6.45, 7) is 1.39. The second-order valence-corrected chi connectivity index (χ2v) is 7.06. The summed E-state index contributed by atoms with van der Waals surface area (Å²) in [6, 6.07) is 19.4. The second kappa shape index (κ2) is 10.6. The van der Waals surface area contributed by atoms with Crippen molar-refractivity contribution in [3.05, 3.63) is 94.8 Å². The van der Waals surface area contributed by atoms with Gasteiger partial charge in [-0.25, -0.2) is 8.42 Å². The van der Waals surface area contributed by atoms with E-state index < -0.39 is 9.84 Å². The molecular weight excluding hydrogens is 336 g/mol. The molecule has 0 N–H and O–H groups in total. The van der Waals surface area contributed by atoms with Gasteiger partial charge in [0.1, 0.15) is 0 Å². The fourth-order valence-corrected chi connectivity index (χ4v) is 2.81. The molecule has 4 nitrogen and oxygen atoms in total. The summed E-state index contributed by atoms with van der Waals surface area (Å²) in [4.78, 5) is 0. The van der Waals surface area contributed by atoms with Crippen LogP contribution in [-0.2, 0) is 32.5 Å². The fourth-order valence-electron chi connectivity index (χ4n) is 2.03. The highest BCUT2D eigenvalue weighted by molar-refractivity contribution is 7.97. The Hall–Kier alpha value is -2.21. The quantitative estimate of drug-likeness (QED) is 0.605. The largest absolute Gasteiger partial charge is 0.373 e. The monoisotopic (exact) mass is 358 g/mol. The maximum Gasteiger partial charge on any atom is 0.192 e. The van der Waals surface area contributed by atoms with Gasteiger partial charge in [-0.3, -0.25) is 0 Å². The molecule has 0 aromatic heterocycles. The van der Waals surface area contributed by atoms with E-state index in [1.807, 2.05) is 60.7 Å². The average Bonchev–Trinajstić information content (AvgIpc) is 2.63. The molecule has 0 amide bonds. The lowest BCUT2D eigenvalue weighted by molar-refractivity contribution is 0.148. The van der Waals surface area contributed by atoms with Gasteiger partial charge in [0.15, 0.2) is 9.84 Å². The minimum Gasteiger partial charge on any atom is -0.373 e. The third-order valence-corrected chi connectivity index (χ3v) is 4.37. The molecule has 0 heterocycles. The molecule has 0 bridgehead atoms. The maximum absolute atomic E-state index is 11.8. The van der Waals surface area contributed by atoms with Gasteiger partial charge in [0.05, 0.1) is 26.4 Å². The van der Waals surface area contributed by atoms with Gasteiger partial charge in [0.2, 0.25) is 0 Å². The Bertz CT molecular complexity index is 704. The van der Waals surface area contributed by atoms with Crippen molar-refractivity contribution in [1.29, 1.82) is 0 Å². The van der Waals surface area contributed by atoms with Crippen LogP contribution in [0.1, 0.15) is 11.1 Å². The zero-order chi connectivity index (χ0) is 17.8. The molecule has 0 radical (unpaired) electrons. The smallest absolute Gasteiger partial charge is 0.192 e. The van der Waals surface area contributed by atoms with Crippen LogP contribution >= 0.6 is 0 Å². The molecule has 0 spiro atoms. The van der Waals surface area contributed by atoms with E-state index in [0.717, 1.165) is 21.9 Å². The van der Waals surface area contributed by atoms with Crippen molar-refractivity contribution in [2.45, 2.75) is 13.2 Å². The standard InChI is InChI=1S/C20H22O4S/c21-25(22,15-7-13-23-17-19-9-3-1-4-10-19)16-8-14-24-18-20-11-5-2-6-12-20/h1-12,15-16H,13-14,17-18H2/b15-7+,16-8+. The Kier molecular flexibility index (Phi) is 8.12. The molecule has 0 aliphatic rings. The molecule has 0 unspecified atom stereocenters. The molecule has 0 fully saturated rings. The van der Waals surface area contributed by atoms with E-state index >= 15 is 0 Å². The normalized spacial score (nSPS) is 12.2. The lowest BCUT2D eigenvalue weighted by Gasteiger charge is -2.01. The molecule has 2 aromatic rings. The summed E-state index contributed by atoms with van der Waals surface area (Å²) in [5, 5.41) is 2.29. The topological polar surface area (TPSA) is 52.6 Å². The summed E-state index contributed by atoms with van der Waals surface area (Å²) in [6.07, 6.45) is 2.99. The highest BCUT2D eigenvalue weighted by atomic mass is 32.2. The number of ether oxygens (including phenoxy) is 2. The molecule has 0 saturated heterocycles. The van der Waals surface area contributed by atoms with Crippen molar-refractivity contribution >= 4 is 9.84 Å². The Labute approximate surface area is 149 Å². The summed E-state index contributed by atoms with van der Waals surface area (Å²) < 4.78 is 34.4. The predicted octanol–water partition coefficient (Wildman–Crippen LogP) is 3.86. The van der Waals surface area contributed by atoms with E-state index in [1.54, 1.807) is 0 Å². The van der Waals surface area contributed by atoms with E-state index in [1.165, 1.54) is 12.2 Å². The lowest BCUT2D eigenvalue weighted by Crippen LogP contribution is -1.96.